The Labute approximate surface area is 138 Å². The van der Waals surface area contributed by atoms with E-state index in [-0.39, 0.29) is 12.1 Å². The number of aryl methyl sites for hydroxylation is 1. The second kappa shape index (κ2) is 7.11. The minimum atomic E-state index is -0.0710. The minimum absolute atomic E-state index is 0.0710. The molecule has 0 bridgehead atoms. The summed E-state index contributed by atoms with van der Waals surface area (Å²) in [5.41, 5.74) is 2.43. The van der Waals surface area contributed by atoms with E-state index in [1.807, 2.05) is 11.6 Å². The van der Waals surface area contributed by atoms with E-state index < -0.39 is 0 Å². The molecule has 3 heterocycles. The molecule has 0 unspecified atom stereocenters. The highest BCUT2D eigenvalue weighted by Gasteiger charge is 2.21. The molecule has 0 spiro atoms. The van der Waals surface area contributed by atoms with Crippen LogP contribution in [0.3, 0.4) is 0 Å². The lowest BCUT2D eigenvalue weighted by Crippen LogP contribution is -2.47. The van der Waals surface area contributed by atoms with Gasteiger partial charge in [-0.25, -0.2) is 9.78 Å². The summed E-state index contributed by atoms with van der Waals surface area (Å²) in [6.07, 6.45) is 3.76. The Hall–Kier alpha value is -1.60. The van der Waals surface area contributed by atoms with Gasteiger partial charge in [0.25, 0.3) is 0 Å². The van der Waals surface area contributed by atoms with Crippen molar-refractivity contribution < 1.29 is 4.79 Å². The summed E-state index contributed by atoms with van der Waals surface area (Å²) in [5, 5.41) is 13.3. The molecule has 1 saturated heterocycles. The van der Waals surface area contributed by atoms with Gasteiger partial charge in [-0.05, 0) is 41.7 Å². The van der Waals surface area contributed by atoms with Gasteiger partial charge < -0.3 is 15.5 Å². The van der Waals surface area contributed by atoms with Crippen molar-refractivity contribution in [3.8, 4) is 0 Å². The molecule has 2 amide bonds. The van der Waals surface area contributed by atoms with Gasteiger partial charge in [0.2, 0.25) is 0 Å². The van der Waals surface area contributed by atoms with Crippen LogP contribution in [0, 0.1) is 6.92 Å². The number of nitrogens with one attached hydrogen (secondary N) is 2. The summed E-state index contributed by atoms with van der Waals surface area (Å²) in [5.74, 6) is 0. The van der Waals surface area contributed by atoms with Crippen molar-refractivity contribution in [2.24, 2.45) is 0 Å². The maximum Gasteiger partial charge on any atom is 0.315 e. The van der Waals surface area contributed by atoms with E-state index >= 15 is 0 Å². The van der Waals surface area contributed by atoms with Gasteiger partial charge in [0.05, 0.1) is 0 Å². The SMILES string of the molecule is Cc1cscc1CNC(=O)NC1CCN(c2nccs2)CC1. The van der Waals surface area contributed by atoms with E-state index in [1.165, 1.54) is 11.1 Å². The standard InChI is InChI=1S/C15H20N4OS2/c1-11-9-21-10-12(11)8-17-14(20)18-13-2-5-19(6-3-13)15-16-4-7-22-15/h4,7,9-10,13H,2-3,5-6,8H2,1H3,(H2,17,18,20). The molecular formula is C15H20N4OS2. The van der Waals surface area contributed by atoms with Gasteiger partial charge in [0.1, 0.15) is 0 Å². The number of aromatic nitrogens is 1. The van der Waals surface area contributed by atoms with Crippen LogP contribution in [0.1, 0.15) is 24.0 Å². The monoisotopic (exact) mass is 336 g/mol. The summed E-state index contributed by atoms with van der Waals surface area (Å²) in [6, 6.07) is 0.179. The third-order valence-corrected chi connectivity index (χ3v) is 5.66. The molecule has 2 aromatic heterocycles. The van der Waals surface area contributed by atoms with Gasteiger partial charge in [-0.15, -0.1) is 11.3 Å². The van der Waals surface area contributed by atoms with Gasteiger partial charge in [0, 0.05) is 37.3 Å². The van der Waals surface area contributed by atoms with Crippen molar-refractivity contribution in [1.82, 2.24) is 15.6 Å². The number of amides is 2. The predicted octanol–water partition coefficient (Wildman–Crippen LogP) is 2.98. The number of nitrogens with zero attached hydrogens (tertiary/aromatic N) is 2. The van der Waals surface area contributed by atoms with Gasteiger partial charge >= 0.3 is 6.03 Å². The fourth-order valence-corrected chi connectivity index (χ4v) is 4.12. The molecule has 0 atom stereocenters. The molecule has 0 saturated carbocycles. The first kappa shape index (κ1) is 15.3. The number of carbonyl (C=O) groups is 1. The van der Waals surface area contributed by atoms with Gasteiger partial charge in [-0.2, -0.15) is 11.3 Å². The Balaban J connectivity index is 1.41. The Morgan fingerprint density at radius 2 is 2.23 bits per heavy atom. The van der Waals surface area contributed by atoms with Crippen LogP contribution in [0.25, 0.3) is 0 Å². The Morgan fingerprint density at radius 3 is 2.86 bits per heavy atom. The maximum atomic E-state index is 12.0. The largest absolute Gasteiger partial charge is 0.348 e. The van der Waals surface area contributed by atoms with E-state index in [4.69, 9.17) is 0 Å². The van der Waals surface area contributed by atoms with Crippen molar-refractivity contribution in [1.29, 1.82) is 0 Å². The second-order valence-electron chi connectivity index (χ2n) is 5.48. The summed E-state index contributed by atoms with van der Waals surface area (Å²) in [4.78, 5) is 18.6. The number of urea groups is 1. The average Bonchev–Trinajstić information content (AvgIpc) is 3.18. The molecule has 5 nitrogen and oxygen atoms in total. The molecule has 0 aromatic carbocycles. The van der Waals surface area contributed by atoms with Crippen molar-refractivity contribution >= 4 is 33.8 Å². The van der Waals surface area contributed by atoms with Crippen LogP contribution >= 0.6 is 22.7 Å². The first-order valence-corrected chi connectivity index (χ1v) is 9.25. The highest BCUT2D eigenvalue weighted by molar-refractivity contribution is 7.13. The van der Waals surface area contributed by atoms with Crippen molar-refractivity contribution in [2.75, 3.05) is 18.0 Å². The first-order chi connectivity index (χ1) is 10.7. The van der Waals surface area contributed by atoms with Crippen LogP contribution in [0.5, 0.6) is 0 Å². The second-order valence-corrected chi connectivity index (χ2v) is 7.10. The third-order valence-electron chi connectivity index (χ3n) is 3.92. The molecule has 118 valence electrons. The zero-order valence-electron chi connectivity index (χ0n) is 12.5. The van der Waals surface area contributed by atoms with Crippen LogP contribution in [0.2, 0.25) is 0 Å². The summed E-state index contributed by atoms with van der Waals surface area (Å²) >= 11 is 3.34. The van der Waals surface area contributed by atoms with Crippen LogP contribution < -0.4 is 15.5 Å². The molecule has 1 aliphatic rings. The number of thiazole rings is 1. The fourth-order valence-electron chi connectivity index (χ4n) is 2.57. The van der Waals surface area contributed by atoms with Crippen LogP contribution in [-0.2, 0) is 6.54 Å². The first-order valence-electron chi connectivity index (χ1n) is 7.43. The van der Waals surface area contributed by atoms with Crippen molar-refractivity contribution in [3.63, 3.8) is 0 Å². The van der Waals surface area contributed by atoms with Crippen LogP contribution in [-0.4, -0.2) is 30.1 Å². The molecule has 1 fully saturated rings. The number of rotatable bonds is 4. The molecule has 22 heavy (non-hydrogen) atoms. The van der Waals surface area contributed by atoms with E-state index in [2.05, 4.69) is 38.2 Å². The van der Waals surface area contributed by atoms with Gasteiger partial charge in [0.15, 0.2) is 5.13 Å². The normalized spacial score (nSPS) is 15.8. The Kier molecular flexibility index (Phi) is 4.94. The van der Waals surface area contributed by atoms with Crippen molar-refractivity contribution in [3.05, 3.63) is 33.5 Å². The molecule has 7 heteroatoms. The zero-order valence-corrected chi connectivity index (χ0v) is 14.2. The van der Waals surface area contributed by atoms with Gasteiger partial charge in [-0.3, -0.25) is 0 Å². The minimum Gasteiger partial charge on any atom is -0.348 e. The molecule has 2 aromatic rings. The molecule has 1 aliphatic heterocycles. The van der Waals surface area contributed by atoms with E-state index in [0.717, 1.165) is 31.1 Å². The number of hydrogen-bond donors (Lipinski definition) is 2. The fraction of sp³-hybridized carbons (Fsp3) is 0.467. The number of carbonyl (C=O) groups excluding carboxylic acids is 1. The number of thiophene rings is 1. The molecular weight excluding hydrogens is 316 g/mol. The average molecular weight is 336 g/mol. The predicted molar refractivity (Wildman–Crippen MR) is 91.8 cm³/mol. The Bertz CT molecular complexity index is 603. The van der Waals surface area contributed by atoms with E-state index in [1.54, 1.807) is 22.7 Å². The molecule has 2 N–H and O–H groups in total. The summed E-state index contributed by atoms with van der Waals surface area (Å²) in [6.45, 7) is 4.56. The number of hydrogen-bond acceptors (Lipinski definition) is 5. The maximum absolute atomic E-state index is 12.0. The van der Waals surface area contributed by atoms with Crippen molar-refractivity contribution in [2.45, 2.75) is 32.4 Å². The Morgan fingerprint density at radius 1 is 1.41 bits per heavy atom. The number of anilines is 1. The molecule has 0 radical (unpaired) electrons. The molecule has 3 rings (SSSR count). The highest BCUT2D eigenvalue weighted by Crippen LogP contribution is 2.21. The summed E-state index contributed by atoms with van der Waals surface area (Å²) in [7, 11) is 0. The topological polar surface area (TPSA) is 57.3 Å². The zero-order chi connectivity index (χ0) is 15.4. The lowest BCUT2D eigenvalue weighted by Gasteiger charge is -2.32. The molecule has 0 aliphatic carbocycles. The van der Waals surface area contributed by atoms with Crippen LogP contribution in [0.4, 0.5) is 9.93 Å². The lowest BCUT2D eigenvalue weighted by molar-refractivity contribution is 0.234. The summed E-state index contributed by atoms with van der Waals surface area (Å²) < 4.78 is 0. The third kappa shape index (κ3) is 3.78. The quantitative estimate of drug-likeness (QED) is 0.902. The smallest absolute Gasteiger partial charge is 0.315 e. The van der Waals surface area contributed by atoms with Crippen LogP contribution in [0.15, 0.2) is 22.3 Å². The highest BCUT2D eigenvalue weighted by atomic mass is 32.1. The van der Waals surface area contributed by atoms with E-state index in [0.29, 0.717) is 6.54 Å². The van der Waals surface area contributed by atoms with E-state index in [9.17, 15) is 4.79 Å². The lowest BCUT2D eigenvalue weighted by atomic mass is 10.1. The number of piperidine rings is 1. The van der Waals surface area contributed by atoms with Gasteiger partial charge in [-0.1, -0.05) is 0 Å².